The van der Waals surface area contributed by atoms with Crippen LogP contribution in [0, 0.1) is 0 Å². The van der Waals surface area contributed by atoms with Gasteiger partial charge in [-0.2, -0.15) is 13.2 Å². The van der Waals surface area contributed by atoms with Gasteiger partial charge in [0.05, 0.1) is 16.7 Å². The highest BCUT2D eigenvalue weighted by Crippen LogP contribution is 2.35. The third kappa shape index (κ3) is 3.84. The summed E-state index contributed by atoms with van der Waals surface area (Å²) < 4.78 is 38.2. The normalized spacial score (nSPS) is 18.8. The molecule has 0 aromatic heterocycles. The summed E-state index contributed by atoms with van der Waals surface area (Å²) in [6.07, 6.45) is -3.38. The van der Waals surface area contributed by atoms with Crippen LogP contribution in [0.4, 0.5) is 13.2 Å². The number of benzene rings is 1. The van der Waals surface area contributed by atoms with Crippen molar-refractivity contribution in [3.8, 4) is 0 Å². The topological polar surface area (TPSA) is 23.5 Å². The van der Waals surface area contributed by atoms with E-state index in [-0.39, 0.29) is 11.1 Å². The second-order valence-electron chi connectivity index (χ2n) is 4.82. The summed E-state index contributed by atoms with van der Waals surface area (Å²) in [6.45, 7) is 1.85. The zero-order valence-electron chi connectivity index (χ0n) is 10.3. The van der Waals surface area contributed by atoms with Crippen molar-refractivity contribution in [1.82, 2.24) is 4.90 Å². The lowest BCUT2D eigenvalue weighted by molar-refractivity contribution is -0.137. The smallest absolute Gasteiger partial charge is 0.393 e. The fourth-order valence-corrected chi connectivity index (χ4v) is 2.45. The number of hydrogen-bond donors (Lipinski definition) is 1. The standard InChI is InChI=1S/C13H15ClF3NO/c14-12-2-1-9(7-11(12)13(15,16)17)8-18-5-3-10(19)4-6-18/h1-2,7,10,19H,3-6,8H2. The first-order valence-electron chi connectivity index (χ1n) is 6.12. The van der Waals surface area contributed by atoms with Crippen molar-refractivity contribution < 1.29 is 18.3 Å². The molecule has 0 spiro atoms. The molecule has 0 saturated carbocycles. The van der Waals surface area contributed by atoms with Crippen LogP contribution in [0.1, 0.15) is 24.0 Å². The minimum absolute atomic E-state index is 0.273. The van der Waals surface area contributed by atoms with Crippen molar-refractivity contribution in [2.75, 3.05) is 13.1 Å². The van der Waals surface area contributed by atoms with Gasteiger partial charge in [-0.1, -0.05) is 17.7 Å². The maximum Gasteiger partial charge on any atom is 0.417 e. The molecule has 1 N–H and O–H groups in total. The lowest BCUT2D eigenvalue weighted by atomic mass is 10.1. The van der Waals surface area contributed by atoms with Gasteiger partial charge < -0.3 is 5.11 Å². The van der Waals surface area contributed by atoms with E-state index in [1.807, 2.05) is 4.90 Å². The molecule has 0 amide bonds. The maximum atomic E-state index is 12.7. The number of hydrogen-bond acceptors (Lipinski definition) is 2. The quantitative estimate of drug-likeness (QED) is 0.904. The Morgan fingerprint density at radius 1 is 1.26 bits per heavy atom. The van der Waals surface area contributed by atoms with Crippen LogP contribution in [0.2, 0.25) is 5.02 Å². The van der Waals surface area contributed by atoms with E-state index in [1.165, 1.54) is 6.07 Å². The van der Waals surface area contributed by atoms with Crippen LogP contribution >= 0.6 is 11.6 Å². The number of alkyl halides is 3. The number of aliphatic hydroxyl groups is 1. The molecule has 0 atom stereocenters. The molecular weight excluding hydrogens is 279 g/mol. The predicted molar refractivity (Wildman–Crippen MR) is 67.0 cm³/mol. The summed E-state index contributed by atoms with van der Waals surface area (Å²) in [5.41, 5.74) is -0.197. The largest absolute Gasteiger partial charge is 0.417 e. The summed E-state index contributed by atoms with van der Waals surface area (Å²) in [5, 5.41) is 9.11. The molecule has 1 aromatic carbocycles. The maximum absolute atomic E-state index is 12.7. The Morgan fingerprint density at radius 2 is 1.89 bits per heavy atom. The molecule has 0 aliphatic carbocycles. The van der Waals surface area contributed by atoms with Crippen molar-refractivity contribution in [2.45, 2.75) is 31.7 Å². The lowest BCUT2D eigenvalue weighted by Gasteiger charge is -2.29. The second kappa shape index (κ2) is 5.69. The van der Waals surface area contributed by atoms with Gasteiger partial charge in [0.25, 0.3) is 0 Å². The fourth-order valence-electron chi connectivity index (χ4n) is 2.22. The molecule has 1 aliphatic rings. The highest BCUT2D eigenvalue weighted by atomic mass is 35.5. The molecule has 19 heavy (non-hydrogen) atoms. The number of nitrogens with zero attached hydrogens (tertiary/aromatic N) is 1. The Hall–Kier alpha value is -0.780. The molecule has 6 heteroatoms. The van der Waals surface area contributed by atoms with Gasteiger partial charge in [0, 0.05) is 19.6 Å². The zero-order valence-corrected chi connectivity index (χ0v) is 11.0. The molecule has 1 saturated heterocycles. The van der Waals surface area contributed by atoms with Crippen molar-refractivity contribution in [3.63, 3.8) is 0 Å². The van der Waals surface area contributed by atoms with Crippen LogP contribution in [0.3, 0.4) is 0 Å². The molecular formula is C13H15ClF3NO. The number of aliphatic hydroxyl groups excluding tert-OH is 1. The average molecular weight is 294 g/mol. The third-order valence-electron chi connectivity index (χ3n) is 3.30. The van der Waals surface area contributed by atoms with Crippen LogP contribution in [-0.4, -0.2) is 29.2 Å². The minimum atomic E-state index is -4.43. The molecule has 1 aliphatic heterocycles. The van der Waals surface area contributed by atoms with Crippen LogP contribution in [0.5, 0.6) is 0 Å². The molecule has 0 bridgehead atoms. The Balaban J connectivity index is 2.09. The Labute approximate surface area is 114 Å². The van der Waals surface area contributed by atoms with Crippen LogP contribution in [-0.2, 0) is 12.7 Å². The molecule has 0 unspecified atom stereocenters. The molecule has 2 nitrogen and oxygen atoms in total. The van der Waals surface area contributed by atoms with E-state index in [1.54, 1.807) is 6.07 Å². The van der Waals surface area contributed by atoms with Crippen molar-refractivity contribution in [1.29, 1.82) is 0 Å². The van der Waals surface area contributed by atoms with Crippen LogP contribution in [0.15, 0.2) is 18.2 Å². The molecule has 106 valence electrons. The first kappa shape index (κ1) is 14.6. The minimum Gasteiger partial charge on any atom is -0.393 e. The Bertz CT molecular complexity index is 442. The van der Waals surface area contributed by atoms with Gasteiger partial charge in [0.1, 0.15) is 0 Å². The molecule has 2 rings (SSSR count). The Morgan fingerprint density at radius 3 is 2.47 bits per heavy atom. The van der Waals surface area contributed by atoms with E-state index >= 15 is 0 Å². The summed E-state index contributed by atoms with van der Waals surface area (Å²) in [5.74, 6) is 0. The monoisotopic (exact) mass is 293 g/mol. The summed E-state index contributed by atoms with van der Waals surface area (Å²) >= 11 is 5.58. The number of piperidine rings is 1. The Kier molecular flexibility index (Phi) is 4.38. The van der Waals surface area contributed by atoms with E-state index in [0.717, 1.165) is 6.07 Å². The highest BCUT2D eigenvalue weighted by molar-refractivity contribution is 6.31. The molecule has 1 fully saturated rings. The predicted octanol–water partition coefficient (Wildman–Crippen LogP) is 3.32. The van der Waals surface area contributed by atoms with E-state index in [2.05, 4.69) is 0 Å². The fraction of sp³-hybridized carbons (Fsp3) is 0.538. The van der Waals surface area contributed by atoms with Gasteiger partial charge in [-0.15, -0.1) is 0 Å². The van der Waals surface area contributed by atoms with Gasteiger partial charge >= 0.3 is 6.18 Å². The summed E-state index contributed by atoms with van der Waals surface area (Å²) in [4.78, 5) is 2.04. The molecule has 1 heterocycles. The second-order valence-corrected chi connectivity index (χ2v) is 5.23. The van der Waals surface area contributed by atoms with Gasteiger partial charge in [0.2, 0.25) is 0 Å². The SMILES string of the molecule is OC1CCN(Cc2ccc(Cl)c(C(F)(F)F)c2)CC1. The highest BCUT2D eigenvalue weighted by Gasteiger charge is 2.33. The van der Waals surface area contributed by atoms with Crippen LogP contribution < -0.4 is 0 Å². The van der Waals surface area contributed by atoms with E-state index in [9.17, 15) is 18.3 Å². The van der Waals surface area contributed by atoms with Crippen molar-refractivity contribution in [3.05, 3.63) is 34.3 Å². The molecule has 0 radical (unpaired) electrons. The summed E-state index contributed by atoms with van der Waals surface area (Å²) in [7, 11) is 0. The number of likely N-dealkylation sites (tertiary alicyclic amines) is 1. The van der Waals surface area contributed by atoms with E-state index in [4.69, 9.17) is 11.6 Å². The number of rotatable bonds is 2. The summed E-state index contributed by atoms with van der Waals surface area (Å²) in [6, 6.07) is 4.01. The van der Waals surface area contributed by atoms with Crippen LogP contribution in [0.25, 0.3) is 0 Å². The van der Waals surface area contributed by atoms with Gasteiger partial charge in [-0.3, -0.25) is 4.90 Å². The first-order chi connectivity index (χ1) is 8.86. The van der Waals surface area contributed by atoms with E-state index in [0.29, 0.717) is 38.0 Å². The molecule has 1 aromatic rings. The van der Waals surface area contributed by atoms with Crippen molar-refractivity contribution in [2.24, 2.45) is 0 Å². The zero-order chi connectivity index (χ0) is 14.0. The number of halogens is 4. The van der Waals surface area contributed by atoms with Gasteiger partial charge in [0.15, 0.2) is 0 Å². The first-order valence-corrected chi connectivity index (χ1v) is 6.50. The van der Waals surface area contributed by atoms with Gasteiger partial charge in [-0.25, -0.2) is 0 Å². The lowest BCUT2D eigenvalue weighted by Crippen LogP contribution is -2.35. The third-order valence-corrected chi connectivity index (χ3v) is 3.63. The van der Waals surface area contributed by atoms with E-state index < -0.39 is 11.7 Å². The van der Waals surface area contributed by atoms with Crippen molar-refractivity contribution >= 4 is 11.6 Å². The van der Waals surface area contributed by atoms with Gasteiger partial charge in [-0.05, 0) is 30.5 Å². The average Bonchev–Trinajstić information content (AvgIpc) is 2.33.